The Bertz CT molecular complexity index is 1070. The van der Waals surface area contributed by atoms with Crippen molar-refractivity contribution in [3.63, 3.8) is 0 Å². The van der Waals surface area contributed by atoms with E-state index in [0.717, 1.165) is 47.3 Å². The molecule has 1 aliphatic rings. The molecule has 2 aromatic carbocycles. The minimum Gasteiger partial charge on any atom is -0.497 e. The number of halogens is 1. The molecule has 1 saturated heterocycles. The Morgan fingerprint density at radius 3 is 2.39 bits per heavy atom. The third-order valence-electron chi connectivity index (χ3n) is 5.61. The number of hydrogen-bond donors (Lipinski definition) is 3. The Morgan fingerprint density at radius 2 is 1.73 bits per heavy atom. The zero-order chi connectivity index (χ0) is 23.0. The van der Waals surface area contributed by atoms with Crippen molar-refractivity contribution in [1.29, 1.82) is 0 Å². The van der Waals surface area contributed by atoms with E-state index in [-0.39, 0.29) is 12.5 Å². The topological polar surface area (TPSA) is 95.4 Å². The summed E-state index contributed by atoms with van der Waals surface area (Å²) in [4.78, 5) is 16.1. The van der Waals surface area contributed by atoms with E-state index in [0.29, 0.717) is 30.9 Å². The summed E-state index contributed by atoms with van der Waals surface area (Å²) in [5, 5.41) is 16.3. The first-order valence-corrected chi connectivity index (χ1v) is 11.9. The first kappa shape index (κ1) is 23.3. The molecule has 1 aromatic heterocycles. The fraction of sp³-hybridized carbons (Fsp3) is 0.375. The number of rotatable bonds is 9. The molecule has 1 aliphatic heterocycles. The van der Waals surface area contributed by atoms with Crippen LogP contribution in [0, 0.1) is 5.92 Å². The summed E-state index contributed by atoms with van der Waals surface area (Å²) < 4.78 is 6.35. The zero-order valence-corrected chi connectivity index (χ0v) is 20.3. The predicted octanol–water partition coefficient (Wildman–Crippen LogP) is 4.08. The van der Waals surface area contributed by atoms with E-state index in [1.54, 1.807) is 7.11 Å². The Hall–Kier alpha value is -2.91. The molecule has 174 valence electrons. The van der Waals surface area contributed by atoms with Gasteiger partial charge in [-0.3, -0.25) is 0 Å². The second-order valence-corrected chi connectivity index (χ2v) is 9.02. The molecular formula is C24H29BrN6O2. The van der Waals surface area contributed by atoms with Gasteiger partial charge in [-0.15, -0.1) is 0 Å². The van der Waals surface area contributed by atoms with E-state index < -0.39 is 0 Å². The number of hydrogen-bond acceptors (Lipinski definition) is 8. The van der Waals surface area contributed by atoms with Gasteiger partial charge in [-0.05, 0) is 54.2 Å². The first-order valence-electron chi connectivity index (χ1n) is 11.1. The molecule has 0 saturated carbocycles. The van der Waals surface area contributed by atoms with E-state index in [4.69, 9.17) is 4.74 Å². The summed E-state index contributed by atoms with van der Waals surface area (Å²) >= 11 is 3.51. The largest absolute Gasteiger partial charge is 0.497 e. The molecule has 8 nitrogen and oxygen atoms in total. The smallest absolute Gasteiger partial charge is 0.231 e. The highest BCUT2D eigenvalue weighted by atomic mass is 79.9. The fourth-order valence-corrected chi connectivity index (χ4v) is 4.30. The van der Waals surface area contributed by atoms with Crippen molar-refractivity contribution in [3.8, 4) is 5.75 Å². The van der Waals surface area contributed by atoms with Crippen LogP contribution in [0.1, 0.15) is 24.0 Å². The highest BCUT2D eigenvalue weighted by molar-refractivity contribution is 9.10. The van der Waals surface area contributed by atoms with Gasteiger partial charge in [-0.2, -0.15) is 15.0 Å². The third-order valence-corrected chi connectivity index (χ3v) is 6.10. The van der Waals surface area contributed by atoms with E-state index in [2.05, 4.69) is 58.5 Å². The highest BCUT2D eigenvalue weighted by Crippen LogP contribution is 2.23. The Kier molecular flexibility index (Phi) is 7.96. The Labute approximate surface area is 202 Å². The molecule has 33 heavy (non-hydrogen) atoms. The Balaban J connectivity index is 1.53. The van der Waals surface area contributed by atoms with Gasteiger partial charge >= 0.3 is 0 Å². The van der Waals surface area contributed by atoms with Crippen LogP contribution in [0.5, 0.6) is 5.75 Å². The molecule has 1 atom stereocenters. The minimum atomic E-state index is 0.177. The lowest BCUT2D eigenvalue weighted by molar-refractivity contribution is 0.208. The van der Waals surface area contributed by atoms with Crippen LogP contribution in [0.3, 0.4) is 0 Å². The molecular weight excluding hydrogens is 484 g/mol. The number of benzene rings is 2. The second-order valence-electron chi connectivity index (χ2n) is 8.11. The van der Waals surface area contributed by atoms with Crippen molar-refractivity contribution in [3.05, 3.63) is 64.1 Å². The van der Waals surface area contributed by atoms with Crippen LogP contribution in [-0.2, 0) is 13.1 Å². The molecule has 3 N–H and O–H groups in total. The maximum absolute atomic E-state index is 9.63. The van der Waals surface area contributed by atoms with Crippen LogP contribution in [0.2, 0.25) is 0 Å². The molecule has 3 aromatic rings. The van der Waals surface area contributed by atoms with Gasteiger partial charge in [-0.25, -0.2) is 0 Å². The van der Waals surface area contributed by atoms with Crippen LogP contribution in [-0.4, -0.2) is 46.9 Å². The summed E-state index contributed by atoms with van der Waals surface area (Å²) in [6.07, 6.45) is 2.03. The van der Waals surface area contributed by atoms with E-state index >= 15 is 0 Å². The van der Waals surface area contributed by atoms with Gasteiger partial charge < -0.3 is 25.4 Å². The molecule has 1 fully saturated rings. The monoisotopic (exact) mass is 512 g/mol. The minimum absolute atomic E-state index is 0.177. The number of methoxy groups -OCH3 is 1. The number of aliphatic hydroxyl groups is 1. The van der Waals surface area contributed by atoms with Crippen molar-refractivity contribution >= 4 is 33.8 Å². The van der Waals surface area contributed by atoms with Gasteiger partial charge in [0, 0.05) is 37.3 Å². The molecule has 0 aliphatic carbocycles. The van der Waals surface area contributed by atoms with Crippen LogP contribution < -0.4 is 20.3 Å². The van der Waals surface area contributed by atoms with Crippen molar-refractivity contribution < 1.29 is 9.84 Å². The van der Waals surface area contributed by atoms with Crippen molar-refractivity contribution in [1.82, 2.24) is 15.0 Å². The van der Waals surface area contributed by atoms with Crippen LogP contribution in [0.15, 0.2) is 53.0 Å². The average molecular weight is 513 g/mol. The molecule has 1 unspecified atom stereocenters. The van der Waals surface area contributed by atoms with Crippen LogP contribution in [0.4, 0.5) is 17.8 Å². The normalized spacial score (nSPS) is 15.8. The lowest BCUT2D eigenvalue weighted by atomic mass is 9.99. The quantitative estimate of drug-likeness (QED) is 0.394. The summed E-state index contributed by atoms with van der Waals surface area (Å²) in [5.74, 6) is 2.69. The third kappa shape index (κ3) is 6.55. The van der Waals surface area contributed by atoms with Gasteiger partial charge in [0.2, 0.25) is 17.8 Å². The number of anilines is 3. The molecule has 0 bridgehead atoms. The van der Waals surface area contributed by atoms with Crippen molar-refractivity contribution in [2.75, 3.05) is 42.3 Å². The van der Waals surface area contributed by atoms with Crippen molar-refractivity contribution in [2.45, 2.75) is 25.9 Å². The van der Waals surface area contributed by atoms with Crippen LogP contribution in [0.25, 0.3) is 0 Å². The lowest BCUT2D eigenvalue weighted by Crippen LogP contribution is -2.38. The average Bonchev–Trinajstić information content (AvgIpc) is 2.86. The predicted molar refractivity (Wildman–Crippen MR) is 134 cm³/mol. The SMILES string of the molecule is COc1cccc(CNc2nc(NCc3cccc(Br)c3)nc(N3CCCC(CO)C3)n2)c1. The molecule has 0 radical (unpaired) electrons. The number of nitrogens with one attached hydrogen (secondary N) is 2. The molecule has 9 heteroatoms. The standard InChI is InChI=1S/C24H29BrN6O2/c1-33-21-9-3-6-18(12-21)14-27-23-28-22(26-13-17-5-2-8-20(25)11-17)29-24(30-23)31-10-4-7-19(15-31)16-32/h2-3,5-6,8-9,11-12,19,32H,4,7,10,13-16H2,1H3,(H2,26,27,28,29,30). The highest BCUT2D eigenvalue weighted by Gasteiger charge is 2.22. The fourth-order valence-electron chi connectivity index (χ4n) is 3.85. The number of nitrogens with zero attached hydrogens (tertiary/aromatic N) is 4. The second kappa shape index (κ2) is 11.3. The van der Waals surface area contributed by atoms with E-state index in [1.807, 2.05) is 36.4 Å². The van der Waals surface area contributed by atoms with Gasteiger partial charge in [-0.1, -0.05) is 40.2 Å². The molecule has 0 spiro atoms. The van der Waals surface area contributed by atoms with Crippen LogP contribution >= 0.6 is 15.9 Å². The van der Waals surface area contributed by atoms with Gasteiger partial charge in [0.25, 0.3) is 0 Å². The Morgan fingerprint density at radius 1 is 1.03 bits per heavy atom. The number of piperidine rings is 1. The first-order chi connectivity index (χ1) is 16.1. The van der Waals surface area contributed by atoms with Gasteiger partial charge in [0.05, 0.1) is 7.11 Å². The lowest BCUT2D eigenvalue weighted by Gasteiger charge is -2.32. The summed E-state index contributed by atoms with van der Waals surface area (Å²) in [7, 11) is 1.66. The maximum Gasteiger partial charge on any atom is 0.231 e. The van der Waals surface area contributed by atoms with E-state index in [1.165, 1.54) is 0 Å². The summed E-state index contributed by atoms with van der Waals surface area (Å²) in [6, 6.07) is 16.0. The molecule has 0 amide bonds. The van der Waals surface area contributed by atoms with Gasteiger partial charge in [0.1, 0.15) is 5.75 Å². The summed E-state index contributed by atoms with van der Waals surface area (Å²) in [5.41, 5.74) is 2.19. The zero-order valence-electron chi connectivity index (χ0n) is 18.7. The van der Waals surface area contributed by atoms with Gasteiger partial charge in [0.15, 0.2) is 0 Å². The number of aliphatic hydroxyl groups excluding tert-OH is 1. The summed E-state index contributed by atoms with van der Waals surface area (Å²) in [6.45, 7) is 2.93. The van der Waals surface area contributed by atoms with Crippen molar-refractivity contribution in [2.24, 2.45) is 5.92 Å². The van der Waals surface area contributed by atoms with E-state index in [9.17, 15) is 5.11 Å². The molecule has 4 rings (SSSR count). The number of aromatic nitrogens is 3. The number of ether oxygens (including phenoxy) is 1. The molecule has 2 heterocycles. The maximum atomic E-state index is 9.63.